The van der Waals surface area contributed by atoms with E-state index in [1.807, 2.05) is 12.1 Å². The molecule has 0 unspecified atom stereocenters. The van der Waals surface area contributed by atoms with Crippen molar-refractivity contribution in [2.45, 2.75) is 0 Å². The van der Waals surface area contributed by atoms with Crippen LogP contribution in [0.25, 0.3) is 21.8 Å². The molecule has 0 aliphatic rings. The minimum Gasteiger partial charge on any atom is -0.254 e. The number of fused-ring (bicyclic) bond motifs is 3. The van der Waals surface area contributed by atoms with E-state index in [0.29, 0.717) is 0 Å². The quantitative estimate of drug-likeness (QED) is 0.443. The summed E-state index contributed by atoms with van der Waals surface area (Å²) in [6.07, 6.45) is 3.60. The van der Waals surface area contributed by atoms with Crippen molar-refractivity contribution in [1.29, 1.82) is 0 Å². The number of aromatic nitrogens is 2. The predicted molar refractivity (Wildman–Crippen MR) is 57.0 cm³/mol. The van der Waals surface area contributed by atoms with Crippen LogP contribution < -0.4 is 0 Å². The van der Waals surface area contributed by atoms with Gasteiger partial charge in [-0.25, -0.2) is 0 Å². The zero-order chi connectivity index (χ0) is 9.38. The van der Waals surface area contributed by atoms with E-state index in [2.05, 4.69) is 34.2 Å². The Morgan fingerprint density at radius 2 is 1.13 bits per heavy atom. The third-order valence-electron chi connectivity index (χ3n) is 2.34. The number of rotatable bonds is 0. The summed E-state index contributed by atoms with van der Waals surface area (Å²) >= 11 is 0. The number of pyridine rings is 2. The Morgan fingerprint density at radius 3 is 1.60 bits per heavy atom. The van der Waals surface area contributed by atoms with Gasteiger partial charge in [0.25, 0.3) is 0 Å². The van der Waals surface area contributed by atoms with E-state index >= 15 is 0 Å². The Bertz CT molecular complexity index is 553. The Labute approximate surface area is 97.8 Å². The fourth-order valence-corrected chi connectivity index (χ4v) is 1.68. The molecule has 0 saturated carbocycles. The third-order valence-corrected chi connectivity index (χ3v) is 2.34. The molecule has 0 spiro atoms. The Hall–Kier alpha value is -1.44. The minimum absolute atomic E-state index is 0. The van der Waals surface area contributed by atoms with Crippen LogP contribution in [-0.4, -0.2) is 9.97 Å². The first-order valence-corrected chi connectivity index (χ1v) is 4.53. The third kappa shape index (κ3) is 1.60. The van der Waals surface area contributed by atoms with Gasteiger partial charge in [0.2, 0.25) is 0 Å². The maximum absolute atomic E-state index is 4.35. The Balaban J connectivity index is 0.000000853. The van der Waals surface area contributed by atoms with Gasteiger partial charge in [-0.05, 0) is 12.1 Å². The van der Waals surface area contributed by atoms with Crippen molar-refractivity contribution in [2.24, 2.45) is 0 Å². The molecule has 3 rings (SSSR count). The second kappa shape index (κ2) is 3.97. The molecule has 0 atom stereocenters. The molecule has 74 valence electrons. The van der Waals surface area contributed by atoms with Crippen LogP contribution in [0.5, 0.6) is 0 Å². The zero-order valence-corrected chi connectivity index (χ0v) is 8.97. The summed E-state index contributed by atoms with van der Waals surface area (Å²) in [5, 5.41) is 2.28. The van der Waals surface area contributed by atoms with Crippen LogP contribution in [0.4, 0.5) is 0 Å². The van der Waals surface area contributed by atoms with E-state index in [4.69, 9.17) is 0 Å². The summed E-state index contributed by atoms with van der Waals surface area (Å²) in [5.41, 5.74) is 1.95. The van der Waals surface area contributed by atoms with E-state index in [1.54, 1.807) is 12.4 Å². The largest absolute Gasteiger partial charge is 0.254 e. The van der Waals surface area contributed by atoms with Gasteiger partial charge in [0.15, 0.2) is 0 Å². The molecule has 0 saturated heterocycles. The summed E-state index contributed by atoms with van der Waals surface area (Å²) in [6, 6.07) is 12.1. The molecule has 3 heteroatoms. The molecule has 0 fully saturated rings. The van der Waals surface area contributed by atoms with Crippen molar-refractivity contribution in [1.82, 2.24) is 9.97 Å². The first-order chi connectivity index (χ1) is 6.95. The standard InChI is InChI=1S/C12H8N2.Fe/c1-3-9-5-6-10-4-2-8-14-12(10)11(9)13-7-1;/h1-8H;. The first kappa shape index (κ1) is 10.1. The van der Waals surface area contributed by atoms with Gasteiger partial charge in [0.05, 0.1) is 11.0 Å². The fraction of sp³-hybridized carbons (Fsp3) is 0. The maximum Gasteiger partial charge on any atom is 0.0964 e. The van der Waals surface area contributed by atoms with Gasteiger partial charge in [-0.1, -0.05) is 24.3 Å². The molecular formula is C12H8FeN2. The normalized spacial score (nSPS) is 10.1. The molecule has 15 heavy (non-hydrogen) atoms. The summed E-state index contributed by atoms with van der Waals surface area (Å²) in [5.74, 6) is 0. The maximum atomic E-state index is 4.35. The molecule has 2 aromatic heterocycles. The molecule has 0 amide bonds. The molecule has 0 N–H and O–H groups in total. The summed E-state index contributed by atoms with van der Waals surface area (Å²) in [7, 11) is 0. The average molecular weight is 236 g/mol. The topological polar surface area (TPSA) is 25.8 Å². The predicted octanol–water partition coefficient (Wildman–Crippen LogP) is 2.78. The summed E-state index contributed by atoms with van der Waals surface area (Å²) < 4.78 is 0. The van der Waals surface area contributed by atoms with E-state index in [1.165, 1.54) is 0 Å². The van der Waals surface area contributed by atoms with E-state index in [0.717, 1.165) is 21.8 Å². The average Bonchev–Trinajstić information content (AvgIpc) is 2.29. The SMILES string of the molecule is [Fe].c1cnc2c(c1)ccc1cccnc12. The van der Waals surface area contributed by atoms with Crippen molar-refractivity contribution < 1.29 is 17.1 Å². The van der Waals surface area contributed by atoms with Gasteiger partial charge in [0.1, 0.15) is 0 Å². The molecular weight excluding hydrogens is 228 g/mol. The molecule has 0 aliphatic carbocycles. The van der Waals surface area contributed by atoms with Gasteiger partial charge in [0, 0.05) is 40.2 Å². The minimum atomic E-state index is 0. The Morgan fingerprint density at radius 1 is 0.667 bits per heavy atom. The van der Waals surface area contributed by atoms with Gasteiger partial charge >= 0.3 is 0 Å². The van der Waals surface area contributed by atoms with Crippen LogP contribution >= 0.6 is 0 Å². The number of nitrogens with zero attached hydrogens (tertiary/aromatic N) is 2. The van der Waals surface area contributed by atoms with Crippen molar-refractivity contribution in [3.8, 4) is 0 Å². The molecule has 3 aromatic rings. The number of benzene rings is 1. The van der Waals surface area contributed by atoms with Crippen LogP contribution in [0.1, 0.15) is 0 Å². The fourth-order valence-electron chi connectivity index (χ4n) is 1.68. The van der Waals surface area contributed by atoms with E-state index in [9.17, 15) is 0 Å². The Kier molecular flexibility index (Phi) is 2.67. The van der Waals surface area contributed by atoms with Crippen molar-refractivity contribution in [2.75, 3.05) is 0 Å². The summed E-state index contributed by atoms with van der Waals surface area (Å²) in [6.45, 7) is 0. The molecule has 2 heterocycles. The molecule has 0 radical (unpaired) electrons. The zero-order valence-electron chi connectivity index (χ0n) is 7.87. The second-order valence-electron chi connectivity index (χ2n) is 3.22. The van der Waals surface area contributed by atoms with Crippen LogP contribution in [-0.2, 0) is 17.1 Å². The van der Waals surface area contributed by atoms with Gasteiger partial charge in [-0.15, -0.1) is 0 Å². The van der Waals surface area contributed by atoms with Crippen molar-refractivity contribution in [3.05, 3.63) is 48.8 Å². The monoisotopic (exact) mass is 236 g/mol. The van der Waals surface area contributed by atoms with Crippen LogP contribution in [0, 0.1) is 0 Å². The van der Waals surface area contributed by atoms with Crippen LogP contribution in [0.15, 0.2) is 48.8 Å². The second-order valence-corrected chi connectivity index (χ2v) is 3.22. The van der Waals surface area contributed by atoms with Crippen molar-refractivity contribution >= 4 is 21.8 Å². The van der Waals surface area contributed by atoms with Crippen molar-refractivity contribution in [3.63, 3.8) is 0 Å². The number of hydrogen-bond donors (Lipinski definition) is 0. The first-order valence-electron chi connectivity index (χ1n) is 4.53. The van der Waals surface area contributed by atoms with E-state index in [-0.39, 0.29) is 17.1 Å². The smallest absolute Gasteiger partial charge is 0.0964 e. The number of hydrogen-bond acceptors (Lipinski definition) is 2. The van der Waals surface area contributed by atoms with Gasteiger partial charge < -0.3 is 0 Å². The summed E-state index contributed by atoms with van der Waals surface area (Å²) in [4.78, 5) is 8.69. The molecule has 2 nitrogen and oxygen atoms in total. The molecule has 0 bridgehead atoms. The molecule has 1 aromatic carbocycles. The van der Waals surface area contributed by atoms with Crippen LogP contribution in [0.3, 0.4) is 0 Å². The van der Waals surface area contributed by atoms with E-state index < -0.39 is 0 Å². The molecule has 0 aliphatic heterocycles. The van der Waals surface area contributed by atoms with Gasteiger partial charge in [-0.3, -0.25) is 9.97 Å². The van der Waals surface area contributed by atoms with Crippen LogP contribution in [0.2, 0.25) is 0 Å². The van der Waals surface area contributed by atoms with Gasteiger partial charge in [-0.2, -0.15) is 0 Å².